The monoisotopic (exact) mass is 229 g/mol. The van der Waals surface area contributed by atoms with Crippen LogP contribution < -0.4 is 11.1 Å². The van der Waals surface area contributed by atoms with Crippen molar-refractivity contribution in [1.29, 1.82) is 0 Å². The number of rotatable bonds is 6. The standard InChI is InChI=1S/C7H14F3N3O2/c1-5(6(11)13-14)12-2-3-15-4-7(8,9)10/h5,12,14H,2-4H2,1H3,(H2,11,13). The van der Waals surface area contributed by atoms with Crippen molar-refractivity contribution in [1.82, 2.24) is 5.32 Å². The van der Waals surface area contributed by atoms with E-state index < -0.39 is 18.8 Å². The molecule has 0 aromatic rings. The van der Waals surface area contributed by atoms with Crippen LogP contribution in [0.15, 0.2) is 5.16 Å². The first-order chi connectivity index (χ1) is 6.87. The maximum atomic E-state index is 11.6. The van der Waals surface area contributed by atoms with Gasteiger partial charge in [-0.2, -0.15) is 13.2 Å². The van der Waals surface area contributed by atoms with Gasteiger partial charge in [0.25, 0.3) is 0 Å². The van der Waals surface area contributed by atoms with Crippen LogP contribution in [0.4, 0.5) is 13.2 Å². The summed E-state index contributed by atoms with van der Waals surface area (Å²) in [4.78, 5) is 0. The summed E-state index contributed by atoms with van der Waals surface area (Å²) in [6.45, 7) is 0.432. The number of oxime groups is 1. The average molecular weight is 229 g/mol. The second-order valence-corrected chi connectivity index (χ2v) is 2.87. The van der Waals surface area contributed by atoms with Gasteiger partial charge in [0.05, 0.1) is 12.6 Å². The van der Waals surface area contributed by atoms with Crippen molar-refractivity contribution in [2.45, 2.75) is 19.1 Å². The highest BCUT2D eigenvalue weighted by atomic mass is 19.4. The fourth-order valence-corrected chi connectivity index (χ4v) is 0.727. The summed E-state index contributed by atoms with van der Waals surface area (Å²) in [6.07, 6.45) is -4.31. The number of hydrogen-bond acceptors (Lipinski definition) is 4. The van der Waals surface area contributed by atoms with Gasteiger partial charge in [-0.15, -0.1) is 0 Å². The third kappa shape index (κ3) is 8.01. The topological polar surface area (TPSA) is 79.9 Å². The molecule has 15 heavy (non-hydrogen) atoms. The zero-order chi connectivity index (χ0) is 11.9. The first-order valence-electron chi connectivity index (χ1n) is 4.22. The number of alkyl halides is 3. The molecule has 0 aliphatic carbocycles. The van der Waals surface area contributed by atoms with Crippen LogP contribution in [0.5, 0.6) is 0 Å². The first-order valence-corrected chi connectivity index (χ1v) is 4.22. The number of nitrogens with zero attached hydrogens (tertiary/aromatic N) is 1. The molecule has 0 aromatic carbocycles. The lowest BCUT2D eigenvalue weighted by molar-refractivity contribution is -0.173. The largest absolute Gasteiger partial charge is 0.411 e. The molecular formula is C7H14F3N3O2. The SMILES string of the molecule is CC(NCCOCC(F)(F)F)C(N)=NO. The lowest BCUT2D eigenvalue weighted by Gasteiger charge is -2.12. The van der Waals surface area contributed by atoms with Crippen molar-refractivity contribution in [2.24, 2.45) is 10.9 Å². The van der Waals surface area contributed by atoms with Crippen LogP contribution in [0.1, 0.15) is 6.92 Å². The van der Waals surface area contributed by atoms with Crippen molar-refractivity contribution < 1.29 is 23.1 Å². The predicted octanol–water partition coefficient (Wildman–Crippen LogP) is 0.290. The second-order valence-electron chi connectivity index (χ2n) is 2.87. The molecule has 1 unspecified atom stereocenters. The number of halogens is 3. The fraction of sp³-hybridized carbons (Fsp3) is 0.857. The zero-order valence-electron chi connectivity index (χ0n) is 8.21. The molecule has 0 aliphatic rings. The Bertz CT molecular complexity index is 208. The van der Waals surface area contributed by atoms with Crippen LogP contribution in [0.3, 0.4) is 0 Å². The highest BCUT2D eigenvalue weighted by Gasteiger charge is 2.27. The highest BCUT2D eigenvalue weighted by molar-refractivity contribution is 5.84. The minimum Gasteiger partial charge on any atom is -0.409 e. The zero-order valence-corrected chi connectivity index (χ0v) is 8.21. The number of nitrogens with two attached hydrogens (primary N) is 1. The molecule has 0 aromatic heterocycles. The third-order valence-electron chi connectivity index (χ3n) is 1.52. The molecule has 0 amide bonds. The molecule has 5 nitrogen and oxygen atoms in total. The summed E-state index contributed by atoms with van der Waals surface area (Å²) >= 11 is 0. The van der Waals surface area contributed by atoms with Crippen LogP contribution >= 0.6 is 0 Å². The molecule has 0 bridgehead atoms. The van der Waals surface area contributed by atoms with E-state index in [2.05, 4.69) is 15.2 Å². The van der Waals surface area contributed by atoms with Crippen LogP contribution in [-0.4, -0.2) is 43.0 Å². The number of nitrogens with one attached hydrogen (secondary N) is 1. The minimum atomic E-state index is -4.31. The quantitative estimate of drug-likeness (QED) is 0.201. The van der Waals surface area contributed by atoms with E-state index in [0.29, 0.717) is 0 Å². The van der Waals surface area contributed by atoms with E-state index in [1.807, 2.05) is 0 Å². The van der Waals surface area contributed by atoms with Crippen LogP contribution in [0, 0.1) is 0 Å². The Labute approximate surface area is 85.1 Å². The Hall–Kier alpha value is -1.02. The van der Waals surface area contributed by atoms with Gasteiger partial charge in [0.15, 0.2) is 5.84 Å². The van der Waals surface area contributed by atoms with Crippen LogP contribution in [-0.2, 0) is 4.74 Å². The minimum absolute atomic E-state index is 0.0363. The van der Waals surface area contributed by atoms with Crippen LogP contribution in [0.25, 0.3) is 0 Å². The predicted molar refractivity (Wildman–Crippen MR) is 47.7 cm³/mol. The van der Waals surface area contributed by atoms with E-state index in [-0.39, 0.29) is 19.0 Å². The molecule has 0 radical (unpaired) electrons. The van der Waals surface area contributed by atoms with Crippen molar-refractivity contribution >= 4 is 5.84 Å². The van der Waals surface area contributed by atoms with Gasteiger partial charge in [-0.05, 0) is 6.92 Å². The number of ether oxygens (including phenoxy) is 1. The van der Waals surface area contributed by atoms with Gasteiger partial charge in [0.1, 0.15) is 6.61 Å². The van der Waals surface area contributed by atoms with Gasteiger partial charge in [0, 0.05) is 6.54 Å². The lowest BCUT2D eigenvalue weighted by atomic mass is 10.3. The van der Waals surface area contributed by atoms with Gasteiger partial charge in [-0.25, -0.2) is 0 Å². The summed E-state index contributed by atoms with van der Waals surface area (Å²) in [5.74, 6) is -0.0363. The normalized spacial score (nSPS) is 15.3. The van der Waals surface area contributed by atoms with E-state index in [0.717, 1.165) is 0 Å². The molecule has 4 N–H and O–H groups in total. The van der Waals surface area contributed by atoms with E-state index in [1.54, 1.807) is 6.92 Å². The fourth-order valence-electron chi connectivity index (χ4n) is 0.727. The average Bonchev–Trinajstić information content (AvgIpc) is 2.14. The molecule has 0 aliphatic heterocycles. The van der Waals surface area contributed by atoms with Gasteiger partial charge in [-0.3, -0.25) is 0 Å². The van der Waals surface area contributed by atoms with Crippen LogP contribution in [0.2, 0.25) is 0 Å². The molecule has 0 spiro atoms. The molecule has 0 saturated carbocycles. The number of hydrogen-bond donors (Lipinski definition) is 3. The van der Waals surface area contributed by atoms with E-state index in [1.165, 1.54) is 0 Å². The summed E-state index contributed by atoms with van der Waals surface area (Å²) in [6, 6.07) is -0.413. The van der Waals surface area contributed by atoms with Crippen molar-refractivity contribution in [3.8, 4) is 0 Å². The summed E-state index contributed by atoms with van der Waals surface area (Å²) < 4.78 is 39.2. The number of amidine groups is 1. The Morgan fingerprint density at radius 2 is 2.20 bits per heavy atom. The molecule has 0 saturated heterocycles. The van der Waals surface area contributed by atoms with Gasteiger partial charge in [-0.1, -0.05) is 5.16 Å². The summed E-state index contributed by atoms with van der Waals surface area (Å²) in [7, 11) is 0. The van der Waals surface area contributed by atoms with Gasteiger partial charge in [0.2, 0.25) is 0 Å². The molecule has 8 heteroatoms. The van der Waals surface area contributed by atoms with E-state index in [9.17, 15) is 13.2 Å². The van der Waals surface area contributed by atoms with Gasteiger partial charge < -0.3 is 21.0 Å². The Morgan fingerprint density at radius 1 is 1.60 bits per heavy atom. The van der Waals surface area contributed by atoms with Crippen molar-refractivity contribution in [3.05, 3.63) is 0 Å². The maximum Gasteiger partial charge on any atom is 0.411 e. The molecule has 1 atom stereocenters. The second kappa shape index (κ2) is 6.46. The Balaban J connectivity index is 3.47. The molecule has 0 heterocycles. The summed E-state index contributed by atoms with van der Waals surface area (Å²) in [5.41, 5.74) is 5.22. The Morgan fingerprint density at radius 3 is 2.67 bits per heavy atom. The summed E-state index contributed by atoms with van der Waals surface area (Å²) in [5, 5.41) is 13.7. The third-order valence-corrected chi connectivity index (χ3v) is 1.52. The van der Waals surface area contributed by atoms with Crippen molar-refractivity contribution in [3.63, 3.8) is 0 Å². The molecular weight excluding hydrogens is 215 g/mol. The maximum absolute atomic E-state index is 11.6. The van der Waals surface area contributed by atoms with Gasteiger partial charge >= 0.3 is 6.18 Å². The molecule has 0 fully saturated rings. The molecule has 90 valence electrons. The molecule has 0 rings (SSSR count). The smallest absolute Gasteiger partial charge is 0.409 e. The van der Waals surface area contributed by atoms with Crippen molar-refractivity contribution in [2.75, 3.05) is 19.8 Å². The Kier molecular flexibility index (Phi) is 6.02. The first kappa shape index (κ1) is 14.0. The lowest BCUT2D eigenvalue weighted by Crippen LogP contribution is -2.40. The van der Waals surface area contributed by atoms with E-state index >= 15 is 0 Å². The highest BCUT2D eigenvalue weighted by Crippen LogP contribution is 2.13. The van der Waals surface area contributed by atoms with E-state index in [4.69, 9.17) is 10.9 Å².